The Balaban J connectivity index is 1.49. The van der Waals surface area contributed by atoms with E-state index >= 15 is 0 Å². The van der Waals surface area contributed by atoms with Crippen LogP contribution < -0.4 is 9.47 Å². The largest absolute Gasteiger partial charge is 0.493 e. The molecule has 0 radical (unpaired) electrons. The van der Waals surface area contributed by atoms with E-state index in [1.165, 1.54) is 33.1 Å². The van der Waals surface area contributed by atoms with Crippen molar-refractivity contribution in [2.45, 2.75) is 37.6 Å². The second-order valence-corrected chi connectivity index (χ2v) is 8.69. The van der Waals surface area contributed by atoms with Gasteiger partial charge in [-0.2, -0.15) is 0 Å². The minimum absolute atomic E-state index is 0.120. The number of likely N-dealkylation sites (tertiary alicyclic amines) is 1. The highest BCUT2D eigenvalue weighted by molar-refractivity contribution is 5.95. The van der Waals surface area contributed by atoms with Gasteiger partial charge in [0.05, 0.1) is 13.7 Å². The van der Waals surface area contributed by atoms with E-state index in [1.54, 1.807) is 35.2 Å². The molecule has 0 saturated carbocycles. The summed E-state index contributed by atoms with van der Waals surface area (Å²) >= 11 is 0. The molecule has 32 heavy (non-hydrogen) atoms. The summed E-state index contributed by atoms with van der Waals surface area (Å²) in [6.07, 6.45) is 0.167. The Morgan fingerprint density at radius 2 is 1.97 bits per heavy atom. The molecule has 0 spiro atoms. The van der Waals surface area contributed by atoms with Gasteiger partial charge in [-0.15, -0.1) is 0 Å². The number of piperidine rings is 1. The van der Waals surface area contributed by atoms with E-state index in [-0.39, 0.29) is 31.2 Å². The summed E-state index contributed by atoms with van der Waals surface area (Å²) in [5.41, 5.74) is -0.915. The van der Waals surface area contributed by atoms with E-state index in [0.29, 0.717) is 36.6 Å². The molecule has 0 bridgehead atoms. The van der Waals surface area contributed by atoms with E-state index in [4.69, 9.17) is 18.9 Å². The average molecular weight is 447 g/mol. The summed E-state index contributed by atoms with van der Waals surface area (Å²) in [5, 5.41) is 0. The predicted octanol–water partition coefficient (Wildman–Crippen LogP) is 4.08. The molecule has 172 valence electrons. The topological polar surface area (TPSA) is 57.2 Å². The van der Waals surface area contributed by atoms with Crippen molar-refractivity contribution in [3.8, 4) is 11.5 Å². The van der Waals surface area contributed by atoms with Crippen molar-refractivity contribution in [3.63, 3.8) is 0 Å². The lowest BCUT2D eigenvalue weighted by molar-refractivity contribution is -0.0439. The maximum Gasteiger partial charge on any atom is 0.254 e. The van der Waals surface area contributed by atoms with E-state index < -0.39 is 11.3 Å². The molecule has 8 heteroatoms. The van der Waals surface area contributed by atoms with Crippen LogP contribution in [0.15, 0.2) is 42.5 Å². The first-order valence-electron chi connectivity index (χ1n) is 10.5. The highest BCUT2D eigenvalue weighted by Crippen LogP contribution is 2.43. The van der Waals surface area contributed by atoms with Crippen molar-refractivity contribution >= 4 is 5.91 Å². The minimum Gasteiger partial charge on any atom is -0.493 e. The van der Waals surface area contributed by atoms with Crippen LogP contribution in [0.3, 0.4) is 0 Å². The number of hydrogen-bond acceptors (Lipinski definition) is 5. The highest BCUT2D eigenvalue weighted by Gasteiger charge is 2.51. The molecule has 2 fully saturated rings. The SMILES string of the molecule is COc1cc(C(=O)N2CC[C@]3(c4ccc(F)cc4)OCO[C@@H]3C2)ccc1OCC(C)(C)F. The number of benzene rings is 2. The highest BCUT2D eigenvalue weighted by atomic mass is 19.1. The molecule has 0 N–H and O–H groups in total. The number of carbonyl (C=O) groups is 1. The molecule has 2 heterocycles. The van der Waals surface area contributed by atoms with Crippen molar-refractivity contribution in [2.24, 2.45) is 0 Å². The lowest BCUT2D eigenvalue weighted by Gasteiger charge is -2.42. The van der Waals surface area contributed by atoms with Crippen LogP contribution in [-0.4, -0.2) is 56.2 Å². The zero-order valence-electron chi connectivity index (χ0n) is 18.4. The van der Waals surface area contributed by atoms with Crippen LogP contribution in [0.2, 0.25) is 0 Å². The maximum atomic E-state index is 13.8. The number of fused-ring (bicyclic) bond motifs is 1. The molecular formula is C24H27F2NO5. The van der Waals surface area contributed by atoms with E-state index in [0.717, 1.165) is 5.56 Å². The van der Waals surface area contributed by atoms with E-state index in [2.05, 4.69) is 0 Å². The van der Waals surface area contributed by atoms with Gasteiger partial charge in [-0.1, -0.05) is 12.1 Å². The zero-order valence-corrected chi connectivity index (χ0v) is 18.4. The number of ether oxygens (including phenoxy) is 4. The number of amides is 1. The first-order chi connectivity index (χ1) is 15.2. The van der Waals surface area contributed by atoms with Crippen LogP contribution in [0.1, 0.15) is 36.2 Å². The van der Waals surface area contributed by atoms with E-state index in [9.17, 15) is 13.6 Å². The number of hydrogen-bond donors (Lipinski definition) is 0. The third-order valence-corrected chi connectivity index (χ3v) is 5.85. The van der Waals surface area contributed by atoms with Gasteiger partial charge in [0.1, 0.15) is 36.6 Å². The molecule has 2 aromatic rings. The summed E-state index contributed by atoms with van der Waals surface area (Å²) < 4.78 is 49.8. The number of carbonyl (C=O) groups excluding carboxylic acids is 1. The summed E-state index contributed by atoms with van der Waals surface area (Å²) in [5.74, 6) is 0.239. The monoisotopic (exact) mass is 447 g/mol. The Morgan fingerprint density at radius 3 is 2.66 bits per heavy atom. The van der Waals surface area contributed by atoms with Crippen molar-refractivity contribution in [2.75, 3.05) is 33.6 Å². The van der Waals surface area contributed by atoms with Crippen molar-refractivity contribution < 1.29 is 32.5 Å². The van der Waals surface area contributed by atoms with Gasteiger partial charge >= 0.3 is 0 Å². The maximum absolute atomic E-state index is 13.8. The Morgan fingerprint density at radius 1 is 1.22 bits per heavy atom. The molecule has 2 saturated heterocycles. The fourth-order valence-electron chi connectivity index (χ4n) is 4.16. The lowest BCUT2D eigenvalue weighted by Crippen LogP contribution is -2.53. The Labute approximate surface area is 186 Å². The van der Waals surface area contributed by atoms with Gasteiger partial charge in [0, 0.05) is 18.5 Å². The number of alkyl halides is 1. The first kappa shape index (κ1) is 22.5. The minimum atomic E-state index is -1.49. The summed E-state index contributed by atoms with van der Waals surface area (Å²) in [4.78, 5) is 14.9. The van der Waals surface area contributed by atoms with Gasteiger partial charge in [0.15, 0.2) is 11.5 Å². The van der Waals surface area contributed by atoms with Gasteiger partial charge in [-0.3, -0.25) is 4.79 Å². The zero-order chi connectivity index (χ0) is 22.9. The molecule has 6 nitrogen and oxygen atoms in total. The normalized spacial score (nSPS) is 23.0. The molecule has 2 aliphatic heterocycles. The molecule has 2 atom stereocenters. The average Bonchev–Trinajstić information content (AvgIpc) is 3.21. The van der Waals surface area contributed by atoms with Crippen LogP contribution >= 0.6 is 0 Å². The van der Waals surface area contributed by atoms with Crippen molar-refractivity contribution in [1.29, 1.82) is 0 Å². The Kier molecular flexibility index (Phi) is 6.09. The summed E-state index contributed by atoms with van der Waals surface area (Å²) in [7, 11) is 1.47. The standard InChI is InChI=1S/C24H27F2NO5/c1-23(2,26)14-30-19-9-4-16(12-20(19)29-3)22(28)27-11-10-24(21(13-27)31-15-32-24)17-5-7-18(25)8-6-17/h4-9,12,21H,10-11,13-15H2,1-3H3/t21-,24-/m1/s1. The third-order valence-electron chi connectivity index (χ3n) is 5.85. The smallest absolute Gasteiger partial charge is 0.254 e. The molecule has 4 rings (SSSR count). The van der Waals surface area contributed by atoms with Crippen LogP contribution in [0.25, 0.3) is 0 Å². The van der Waals surface area contributed by atoms with Crippen molar-refractivity contribution in [3.05, 3.63) is 59.4 Å². The fourth-order valence-corrected chi connectivity index (χ4v) is 4.16. The number of rotatable bonds is 6. The molecule has 0 aromatic heterocycles. The number of nitrogens with zero attached hydrogens (tertiary/aromatic N) is 1. The van der Waals surface area contributed by atoms with Gasteiger partial charge in [-0.25, -0.2) is 8.78 Å². The number of methoxy groups -OCH3 is 1. The van der Waals surface area contributed by atoms with Crippen LogP contribution in [0.5, 0.6) is 11.5 Å². The molecular weight excluding hydrogens is 420 g/mol. The Hall–Kier alpha value is -2.71. The first-order valence-corrected chi connectivity index (χ1v) is 10.5. The molecule has 0 unspecified atom stereocenters. The second kappa shape index (κ2) is 8.67. The predicted molar refractivity (Wildman–Crippen MR) is 113 cm³/mol. The van der Waals surface area contributed by atoms with Gasteiger partial charge in [-0.05, 0) is 49.7 Å². The molecule has 2 aromatic carbocycles. The Bertz CT molecular complexity index is 975. The number of halogens is 2. The van der Waals surface area contributed by atoms with E-state index in [1.807, 2.05) is 0 Å². The van der Waals surface area contributed by atoms with Gasteiger partial charge in [0.2, 0.25) is 0 Å². The second-order valence-electron chi connectivity index (χ2n) is 8.69. The fraction of sp³-hybridized carbons (Fsp3) is 0.458. The van der Waals surface area contributed by atoms with Gasteiger partial charge in [0.25, 0.3) is 5.91 Å². The van der Waals surface area contributed by atoms with Crippen LogP contribution in [0.4, 0.5) is 8.78 Å². The van der Waals surface area contributed by atoms with Gasteiger partial charge < -0.3 is 23.8 Å². The van der Waals surface area contributed by atoms with Crippen molar-refractivity contribution in [1.82, 2.24) is 4.90 Å². The summed E-state index contributed by atoms with van der Waals surface area (Å²) in [6.45, 7) is 3.63. The molecule has 1 amide bonds. The third kappa shape index (κ3) is 4.42. The van der Waals surface area contributed by atoms with Crippen LogP contribution in [-0.2, 0) is 15.1 Å². The molecule has 2 aliphatic rings. The lowest BCUT2D eigenvalue weighted by atomic mass is 9.82. The summed E-state index contributed by atoms with van der Waals surface area (Å²) in [6, 6.07) is 11.1. The van der Waals surface area contributed by atoms with Crippen LogP contribution in [0, 0.1) is 5.82 Å². The quantitative estimate of drug-likeness (QED) is 0.668. The molecule has 0 aliphatic carbocycles.